The van der Waals surface area contributed by atoms with E-state index in [4.69, 9.17) is 11.6 Å². The Labute approximate surface area is 112 Å². The molecule has 1 atom stereocenters. The molecule has 96 valence electrons. The third-order valence-corrected chi connectivity index (χ3v) is 3.15. The van der Waals surface area contributed by atoms with Crippen LogP contribution in [0.25, 0.3) is 0 Å². The molecule has 0 fully saturated rings. The minimum absolute atomic E-state index is 0.130. The van der Waals surface area contributed by atoms with Crippen molar-refractivity contribution in [2.75, 3.05) is 6.54 Å². The molecule has 2 rings (SSSR count). The van der Waals surface area contributed by atoms with Crippen molar-refractivity contribution in [3.05, 3.63) is 47.0 Å². The molecule has 4 nitrogen and oxygen atoms in total. The first-order valence-corrected chi connectivity index (χ1v) is 6.40. The first-order valence-electron chi connectivity index (χ1n) is 6.03. The van der Waals surface area contributed by atoms with Crippen LogP contribution in [0.15, 0.2) is 30.6 Å². The van der Waals surface area contributed by atoms with Gasteiger partial charge in [0.2, 0.25) is 0 Å². The van der Waals surface area contributed by atoms with Crippen LogP contribution in [-0.2, 0) is 13.5 Å². The van der Waals surface area contributed by atoms with E-state index in [1.165, 1.54) is 0 Å². The highest BCUT2D eigenvalue weighted by Crippen LogP contribution is 2.24. The Morgan fingerprint density at radius 3 is 2.83 bits per heavy atom. The Morgan fingerprint density at radius 2 is 2.28 bits per heavy atom. The van der Waals surface area contributed by atoms with Gasteiger partial charge in [0, 0.05) is 25.4 Å². The minimum Gasteiger partial charge on any atom is -0.309 e. The molecule has 2 heterocycles. The summed E-state index contributed by atoms with van der Waals surface area (Å²) in [5, 5.41) is 8.31. The Balaban J connectivity index is 2.24. The molecule has 18 heavy (non-hydrogen) atoms. The van der Waals surface area contributed by atoms with Crippen LogP contribution < -0.4 is 5.32 Å². The van der Waals surface area contributed by atoms with Crippen LogP contribution in [0.1, 0.15) is 24.4 Å². The van der Waals surface area contributed by atoms with Crippen molar-refractivity contribution in [3.63, 3.8) is 0 Å². The molecule has 1 unspecified atom stereocenters. The number of hydrogen-bond acceptors (Lipinski definition) is 3. The quantitative estimate of drug-likeness (QED) is 0.902. The Kier molecular flexibility index (Phi) is 4.33. The van der Waals surface area contributed by atoms with Crippen LogP contribution in [-0.4, -0.2) is 21.3 Å². The number of nitrogens with one attached hydrogen (secondary N) is 1. The summed E-state index contributed by atoms with van der Waals surface area (Å²) in [6.45, 7) is 2.95. The number of likely N-dealkylation sites (N-methyl/N-ethyl adjacent to an activating group) is 1. The molecule has 0 saturated carbocycles. The molecule has 5 heteroatoms. The Bertz CT molecular complexity index is 475. The van der Waals surface area contributed by atoms with Crippen LogP contribution in [0.5, 0.6) is 0 Å². The van der Waals surface area contributed by atoms with Gasteiger partial charge in [-0.25, -0.2) is 0 Å². The van der Waals surface area contributed by atoms with Gasteiger partial charge in [-0.1, -0.05) is 24.6 Å². The molecule has 2 aromatic rings. The lowest BCUT2D eigenvalue weighted by atomic mass is 10.1. The van der Waals surface area contributed by atoms with E-state index in [9.17, 15) is 0 Å². The second-order valence-electron chi connectivity index (χ2n) is 4.14. The number of halogens is 1. The molecular formula is C13H17ClN4. The van der Waals surface area contributed by atoms with Gasteiger partial charge in [-0.15, -0.1) is 0 Å². The smallest absolute Gasteiger partial charge is 0.0834 e. The van der Waals surface area contributed by atoms with Crippen molar-refractivity contribution < 1.29 is 0 Å². The number of rotatable bonds is 5. The van der Waals surface area contributed by atoms with Crippen molar-refractivity contribution in [2.24, 2.45) is 7.05 Å². The molecule has 0 radical (unpaired) electrons. The number of aryl methyl sites for hydroxylation is 1. The second kappa shape index (κ2) is 5.98. The summed E-state index contributed by atoms with van der Waals surface area (Å²) in [6.07, 6.45) is 4.29. The Morgan fingerprint density at radius 1 is 1.44 bits per heavy atom. The highest BCUT2D eigenvalue weighted by atomic mass is 35.5. The summed E-state index contributed by atoms with van der Waals surface area (Å²) in [6, 6.07) is 6.07. The summed E-state index contributed by atoms with van der Waals surface area (Å²) >= 11 is 6.20. The lowest BCUT2D eigenvalue weighted by molar-refractivity contribution is 0.503. The monoisotopic (exact) mass is 264 g/mol. The summed E-state index contributed by atoms with van der Waals surface area (Å²) in [5.41, 5.74) is 2.05. The van der Waals surface area contributed by atoms with Gasteiger partial charge < -0.3 is 5.32 Å². The van der Waals surface area contributed by atoms with Crippen LogP contribution in [0, 0.1) is 0 Å². The van der Waals surface area contributed by atoms with Crippen molar-refractivity contribution in [1.82, 2.24) is 20.1 Å². The van der Waals surface area contributed by atoms with Crippen LogP contribution >= 0.6 is 11.6 Å². The average molecular weight is 265 g/mol. The molecular weight excluding hydrogens is 248 g/mol. The van der Waals surface area contributed by atoms with E-state index in [0.717, 1.165) is 24.4 Å². The molecule has 0 aliphatic rings. The van der Waals surface area contributed by atoms with Gasteiger partial charge in [0.1, 0.15) is 0 Å². The topological polar surface area (TPSA) is 42.7 Å². The first-order chi connectivity index (χ1) is 8.72. The number of pyridine rings is 1. The van der Waals surface area contributed by atoms with E-state index in [1.54, 1.807) is 6.20 Å². The number of aromatic nitrogens is 3. The first kappa shape index (κ1) is 13.1. The van der Waals surface area contributed by atoms with E-state index < -0.39 is 0 Å². The molecule has 0 amide bonds. The molecule has 2 aromatic heterocycles. The normalized spacial score (nSPS) is 12.6. The molecule has 0 aromatic carbocycles. The summed E-state index contributed by atoms with van der Waals surface area (Å²) in [4.78, 5) is 4.36. The number of hydrogen-bond donors (Lipinski definition) is 1. The molecule has 1 N–H and O–H groups in total. The van der Waals surface area contributed by atoms with Gasteiger partial charge in [-0.3, -0.25) is 9.67 Å². The highest BCUT2D eigenvalue weighted by molar-refractivity contribution is 6.31. The van der Waals surface area contributed by atoms with Gasteiger partial charge in [-0.2, -0.15) is 5.10 Å². The fourth-order valence-electron chi connectivity index (χ4n) is 2.05. The van der Waals surface area contributed by atoms with E-state index >= 15 is 0 Å². The molecule has 0 saturated heterocycles. The summed E-state index contributed by atoms with van der Waals surface area (Å²) in [5.74, 6) is 0. The van der Waals surface area contributed by atoms with Gasteiger partial charge in [0.15, 0.2) is 0 Å². The van der Waals surface area contributed by atoms with Gasteiger partial charge in [0.05, 0.1) is 23.0 Å². The largest absolute Gasteiger partial charge is 0.309 e. The maximum atomic E-state index is 6.20. The van der Waals surface area contributed by atoms with Crippen LogP contribution in [0.3, 0.4) is 0 Å². The zero-order chi connectivity index (χ0) is 13.0. The standard InChI is InChI=1S/C13H17ClN4/c1-3-15-12(8-10-6-4-5-7-16-10)13-11(14)9-17-18(13)2/h4-7,9,12,15H,3,8H2,1-2H3. The highest BCUT2D eigenvalue weighted by Gasteiger charge is 2.19. The third kappa shape index (κ3) is 2.89. The van der Waals surface area contributed by atoms with E-state index in [2.05, 4.69) is 22.3 Å². The molecule has 0 bridgehead atoms. The lowest BCUT2D eigenvalue weighted by Crippen LogP contribution is -2.25. The van der Waals surface area contributed by atoms with Crippen LogP contribution in [0.4, 0.5) is 0 Å². The zero-order valence-electron chi connectivity index (χ0n) is 10.6. The maximum absolute atomic E-state index is 6.20. The summed E-state index contributed by atoms with van der Waals surface area (Å²) in [7, 11) is 1.91. The predicted molar refractivity (Wildman–Crippen MR) is 72.6 cm³/mol. The molecule has 0 spiro atoms. The van der Waals surface area contributed by atoms with Crippen molar-refractivity contribution in [1.29, 1.82) is 0 Å². The third-order valence-electron chi connectivity index (χ3n) is 2.86. The average Bonchev–Trinajstić information content (AvgIpc) is 2.70. The zero-order valence-corrected chi connectivity index (χ0v) is 11.4. The van der Waals surface area contributed by atoms with E-state index in [1.807, 2.05) is 36.1 Å². The fraction of sp³-hybridized carbons (Fsp3) is 0.385. The maximum Gasteiger partial charge on any atom is 0.0834 e. The van der Waals surface area contributed by atoms with Crippen molar-refractivity contribution >= 4 is 11.6 Å². The second-order valence-corrected chi connectivity index (χ2v) is 4.54. The van der Waals surface area contributed by atoms with Gasteiger partial charge >= 0.3 is 0 Å². The molecule has 0 aliphatic heterocycles. The number of nitrogens with zero attached hydrogens (tertiary/aromatic N) is 3. The van der Waals surface area contributed by atoms with Crippen molar-refractivity contribution in [3.8, 4) is 0 Å². The van der Waals surface area contributed by atoms with E-state index in [-0.39, 0.29) is 6.04 Å². The predicted octanol–water partition coefficient (Wildman–Crippen LogP) is 2.36. The SMILES string of the molecule is CCNC(Cc1ccccn1)c1c(Cl)cnn1C. The fourth-order valence-corrected chi connectivity index (χ4v) is 2.35. The molecule has 0 aliphatic carbocycles. The van der Waals surface area contributed by atoms with Gasteiger partial charge in [0.25, 0.3) is 0 Å². The Hall–Kier alpha value is -1.39. The van der Waals surface area contributed by atoms with Crippen LogP contribution in [0.2, 0.25) is 5.02 Å². The van der Waals surface area contributed by atoms with Gasteiger partial charge in [-0.05, 0) is 18.7 Å². The summed E-state index contributed by atoms with van der Waals surface area (Å²) < 4.78 is 1.82. The van der Waals surface area contributed by atoms with E-state index in [0.29, 0.717) is 5.02 Å². The lowest BCUT2D eigenvalue weighted by Gasteiger charge is -2.18. The van der Waals surface area contributed by atoms with Crippen molar-refractivity contribution in [2.45, 2.75) is 19.4 Å². The minimum atomic E-state index is 0.130.